The third-order valence-corrected chi connectivity index (χ3v) is 3.07. The molecule has 1 aromatic carbocycles. The number of hydrogen-bond acceptors (Lipinski definition) is 2. The molecule has 2 rings (SSSR count). The first-order valence-electron chi connectivity index (χ1n) is 4.23. The van der Waals surface area contributed by atoms with Crippen LogP contribution < -0.4 is 0 Å². The summed E-state index contributed by atoms with van der Waals surface area (Å²) in [5, 5.41) is 9.82. The zero-order valence-electron chi connectivity index (χ0n) is 7.76. The second-order valence-electron chi connectivity index (χ2n) is 2.98. The quantitative estimate of drug-likeness (QED) is 0.864. The van der Waals surface area contributed by atoms with Gasteiger partial charge in [0.2, 0.25) is 0 Å². The number of rotatable bonds is 1. The van der Waals surface area contributed by atoms with Crippen molar-refractivity contribution in [2.24, 2.45) is 0 Å². The van der Waals surface area contributed by atoms with Crippen LogP contribution in [0.2, 0.25) is 10.0 Å². The summed E-state index contributed by atoms with van der Waals surface area (Å²) in [4.78, 5) is 7.03. The highest BCUT2D eigenvalue weighted by molar-refractivity contribution is 9.10. The topological polar surface area (TPSA) is 52.5 Å². The Kier molecular flexibility index (Phi) is 3.20. The zero-order chi connectivity index (χ0) is 11.7. The van der Waals surface area contributed by atoms with Crippen molar-refractivity contribution in [2.45, 2.75) is 0 Å². The summed E-state index contributed by atoms with van der Waals surface area (Å²) < 4.78 is 0.538. The molecule has 0 radical (unpaired) electrons. The average molecular weight is 317 g/mol. The Hall–Kier alpha value is -1.02. The van der Waals surface area contributed by atoms with E-state index in [0.29, 0.717) is 31.7 Å². The smallest absolute Gasteiger partial charge is 0.173 e. The van der Waals surface area contributed by atoms with Crippen LogP contribution in [0.25, 0.3) is 11.4 Å². The Balaban J connectivity index is 2.55. The molecule has 16 heavy (non-hydrogen) atoms. The summed E-state index contributed by atoms with van der Waals surface area (Å²) in [6.45, 7) is 0. The number of nitrogens with one attached hydrogen (secondary N) is 1. The molecule has 2 aromatic rings. The van der Waals surface area contributed by atoms with E-state index in [9.17, 15) is 0 Å². The lowest BCUT2D eigenvalue weighted by molar-refractivity contribution is 1.29. The van der Waals surface area contributed by atoms with Gasteiger partial charge in [0.05, 0.1) is 5.02 Å². The van der Waals surface area contributed by atoms with Crippen molar-refractivity contribution in [1.82, 2.24) is 9.97 Å². The molecule has 1 aromatic heterocycles. The number of benzene rings is 1. The van der Waals surface area contributed by atoms with Crippen molar-refractivity contribution in [3.63, 3.8) is 0 Å². The second kappa shape index (κ2) is 4.46. The monoisotopic (exact) mass is 315 g/mol. The lowest BCUT2D eigenvalue weighted by atomic mass is 10.2. The molecule has 0 atom stereocenters. The van der Waals surface area contributed by atoms with E-state index in [1.54, 1.807) is 18.2 Å². The lowest BCUT2D eigenvalue weighted by Crippen LogP contribution is -1.82. The van der Waals surface area contributed by atoms with Gasteiger partial charge in [-0.2, -0.15) is 5.26 Å². The number of hydrogen-bond donors (Lipinski definition) is 1. The van der Waals surface area contributed by atoms with Gasteiger partial charge in [0.25, 0.3) is 0 Å². The van der Waals surface area contributed by atoms with Crippen LogP contribution in [0.4, 0.5) is 0 Å². The maximum Gasteiger partial charge on any atom is 0.173 e. The van der Waals surface area contributed by atoms with Gasteiger partial charge in [-0.3, -0.25) is 0 Å². The number of H-pyrrole nitrogens is 1. The van der Waals surface area contributed by atoms with E-state index in [0.717, 1.165) is 0 Å². The van der Waals surface area contributed by atoms with Gasteiger partial charge in [-0.05, 0) is 34.1 Å². The van der Waals surface area contributed by atoms with E-state index >= 15 is 0 Å². The predicted octanol–water partition coefficient (Wildman–Crippen LogP) is 4.02. The van der Waals surface area contributed by atoms with Crippen LogP contribution in [-0.2, 0) is 0 Å². The summed E-state index contributed by atoms with van der Waals surface area (Å²) in [5.74, 6) is 0.532. The lowest BCUT2D eigenvalue weighted by Gasteiger charge is -2.00. The molecular formula is C10H4BrCl2N3. The highest BCUT2D eigenvalue weighted by atomic mass is 79.9. The molecule has 80 valence electrons. The Morgan fingerprint density at radius 1 is 1.38 bits per heavy atom. The molecule has 0 saturated heterocycles. The van der Waals surface area contributed by atoms with Crippen molar-refractivity contribution < 1.29 is 0 Å². The Morgan fingerprint density at radius 2 is 2.12 bits per heavy atom. The molecular weight excluding hydrogens is 313 g/mol. The van der Waals surface area contributed by atoms with Gasteiger partial charge in [-0.1, -0.05) is 23.2 Å². The highest BCUT2D eigenvalue weighted by Crippen LogP contribution is 2.29. The molecule has 1 N–H and O–H groups in total. The molecule has 0 fully saturated rings. The van der Waals surface area contributed by atoms with Crippen LogP contribution in [0.5, 0.6) is 0 Å². The standard InChI is InChI=1S/C10H4BrCl2N3/c11-9-8(4-14)15-10(16-9)6-2-1-5(12)3-7(6)13/h1-3H,(H,15,16). The summed E-state index contributed by atoms with van der Waals surface area (Å²) in [6, 6.07) is 7.04. The van der Waals surface area contributed by atoms with E-state index in [-0.39, 0.29) is 0 Å². The number of nitriles is 1. The molecule has 0 aliphatic carbocycles. The minimum Gasteiger partial charge on any atom is -0.332 e. The van der Waals surface area contributed by atoms with Gasteiger partial charge in [0, 0.05) is 10.6 Å². The molecule has 0 bridgehead atoms. The normalized spacial score (nSPS) is 10.1. The van der Waals surface area contributed by atoms with Crippen molar-refractivity contribution in [2.75, 3.05) is 0 Å². The van der Waals surface area contributed by atoms with E-state index in [1.807, 2.05) is 6.07 Å². The third-order valence-electron chi connectivity index (χ3n) is 1.95. The van der Waals surface area contributed by atoms with Gasteiger partial charge in [0.1, 0.15) is 16.5 Å². The Bertz CT molecular complexity index is 586. The van der Waals surface area contributed by atoms with Gasteiger partial charge in [-0.25, -0.2) is 4.98 Å². The summed E-state index contributed by atoms with van der Waals surface area (Å²) >= 11 is 15.0. The summed E-state index contributed by atoms with van der Waals surface area (Å²) in [7, 11) is 0. The maximum absolute atomic E-state index is 8.78. The van der Waals surface area contributed by atoms with Crippen molar-refractivity contribution >= 4 is 39.1 Å². The first kappa shape index (κ1) is 11.5. The maximum atomic E-state index is 8.78. The van der Waals surface area contributed by atoms with Gasteiger partial charge >= 0.3 is 0 Å². The van der Waals surface area contributed by atoms with Crippen molar-refractivity contribution in [1.29, 1.82) is 5.26 Å². The molecule has 0 aliphatic heterocycles. The fourth-order valence-corrected chi connectivity index (χ4v) is 2.10. The van der Waals surface area contributed by atoms with Crippen molar-refractivity contribution in [3.05, 3.63) is 38.5 Å². The fraction of sp³-hybridized carbons (Fsp3) is 0. The first-order valence-corrected chi connectivity index (χ1v) is 5.77. The van der Waals surface area contributed by atoms with Gasteiger partial charge in [-0.15, -0.1) is 0 Å². The van der Waals surface area contributed by atoms with E-state index in [2.05, 4.69) is 25.9 Å². The van der Waals surface area contributed by atoms with Crippen LogP contribution in [0, 0.1) is 11.3 Å². The Labute approximate surface area is 110 Å². The molecule has 0 spiro atoms. The number of halogens is 3. The Morgan fingerprint density at radius 3 is 2.69 bits per heavy atom. The molecule has 0 aliphatic rings. The van der Waals surface area contributed by atoms with Gasteiger partial charge < -0.3 is 4.98 Å². The summed E-state index contributed by atoms with van der Waals surface area (Å²) in [6.07, 6.45) is 0. The van der Waals surface area contributed by atoms with Crippen LogP contribution >= 0.6 is 39.1 Å². The van der Waals surface area contributed by atoms with E-state index in [4.69, 9.17) is 28.5 Å². The molecule has 6 heteroatoms. The molecule has 0 amide bonds. The molecule has 3 nitrogen and oxygen atoms in total. The zero-order valence-corrected chi connectivity index (χ0v) is 10.9. The highest BCUT2D eigenvalue weighted by Gasteiger charge is 2.11. The van der Waals surface area contributed by atoms with Crippen LogP contribution in [0.15, 0.2) is 22.8 Å². The van der Waals surface area contributed by atoms with Gasteiger partial charge in [0.15, 0.2) is 5.69 Å². The second-order valence-corrected chi connectivity index (χ2v) is 4.62. The largest absolute Gasteiger partial charge is 0.332 e. The minimum atomic E-state index is 0.293. The predicted molar refractivity (Wildman–Crippen MR) is 66.5 cm³/mol. The molecule has 1 heterocycles. The average Bonchev–Trinajstić information content (AvgIpc) is 2.59. The van der Waals surface area contributed by atoms with Crippen LogP contribution in [0.1, 0.15) is 5.69 Å². The van der Waals surface area contributed by atoms with E-state index in [1.165, 1.54) is 0 Å². The van der Waals surface area contributed by atoms with Crippen molar-refractivity contribution in [3.8, 4) is 17.5 Å². The SMILES string of the molecule is N#Cc1nc(-c2ccc(Cl)cc2Cl)[nH]c1Br. The third kappa shape index (κ3) is 2.07. The molecule has 0 unspecified atom stereocenters. The molecule has 0 saturated carbocycles. The number of nitrogens with zero attached hydrogens (tertiary/aromatic N) is 2. The fourth-order valence-electron chi connectivity index (χ4n) is 1.24. The van der Waals surface area contributed by atoms with E-state index < -0.39 is 0 Å². The van der Waals surface area contributed by atoms with Crippen LogP contribution in [-0.4, -0.2) is 9.97 Å². The minimum absolute atomic E-state index is 0.293. The summed E-state index contributed by atoms with van der Waals surface area (Å²) in [5.41, 5.74) is 0.995. The first-order chi connectivity index (χ1) is 7.61. The number of aromatic nitrogens is 2. The van der Waals surface area contributed by atoms with Crippen LogP contribution in [0.3, 0.4) is 0 Å². The number of aromatic amines is 1. The number of imidazole rings is 1.